The summed E-state index contributed by atoms with van der Waals surface area (Å²) in [5, 5.41) is 3.13. The lowest BCUT2D eigenvalue weighted by atomic mass is 10.1. The van der Waals surface area contributed by atoms with E-state index < -0.39 is 0 Å². The zero-order chi connectivity index (χ0) is 13.7. The van der Waals surface area contributed by atoms with Crippen molar-refractivity contribution in [3.05, 3.63) is 53.3 Å². The van der Waals surface area contributed by atoms with Crippen molar-refractivity contribution in [2.45, 2.75) is 13.5 Å². The minimum Gasteiger partial charge on any atom is -0.487 e. The van der Waals surface area contributed by atoms with Gasteiger partial charge in [-0.25, -0.2) is 0 Å². The Morgan fingerprint density at radius 2 is 2.16 bits per heavy atom. The number of hydrogen-bond acceptors (Lipinski definition) is 3. The van der Waals surface area contributed by atoms with Crippen molar-refractivity contribution in [1.82, 2.24) is 4.98 Å². The van der Waals surface area contributed by atoms with Crippen molar-refractivity contribution in [2.24, 2.45) is 0 Å². The molecule has 0 saturated carbocycles. The Balaban J connectivity index is 2.25. The van der Waals surface area contributed by atoms with E-state index in [0.717, 1.165) is 28.3 Å². The Kier molecular flexibility index (Phi) is 4.04. The van der Waals surface area contributed by atoms with E-state index >= 15 is 0 Å². The number of pyridine rings is 1. The fourth-order valence-electron chi connectivity index (χ4n) is 1.88. The molecule has 19 heavy (non-hydrogen) atoms. The van der Waals surface area contributed by atoms with Crippen LogP contribution in [0.1, 0.15) is 16.8 Å². The summed E-state index contributed by atoms with van der Waals surface area (Å²) in [6.07, 6.45) is 7.27. The molecule has 0 bridgehead atoms. The van der Waals surface area contributed by atoms with Gasteiger partial charge in [-0.15, -0.1) is 6.42 Å². The summed E-state index contributed by atoms with van der Waals surface area (Å²) in [7, 11) is 1.87. The Hall–Kier alpha value is -2.47. The van der Waals surface area contributed by atoms with Gasteiger partial charge in [-0.3, -0.25) is 4.98 Å². The van der Waals surface area contributed by atoms with Gasteiger partial charge in [0, 0.05) is 30.1 Å². The molecule has 0 radical (unpaired) electrons. The lowest BCUT2D eigenvalue weighted by Crippen LogP contribution is -2.04. The highest BCUT2D eigenvalue weighted by Crippen LogP contribution is 2.22. The average Bonchev–Trinajstić information content (AvgIpc) is 2.46. The van der Waals surface area contributed by atoms with Gasteiger partial charge in [0.15, 0.2) is 0 Å². The van der Waals surface area contributed by atoms with E-state index in [-0.39, 0.29) is 0 Å². The number of nitrogens with zero attached hydrogens (tertiary/aromatic N) is 1. The Bertz CT molecular complexity index is 614. The first kappa shape index (κ1) is 13.0. The normalized spacial score (nSPS) is 9.74. The first-order valence-corrected chi connectivity index (χ1v) is 6.07. The highest BCUT2D eigenvalue weighted by Gasteiger charge is 2.08. The van der Waals surface area contributed by atoms with Crippen molar-refractivity contribution < 1.29 is 4.74 Å². The van der Waals surface area contributed by atoms with Gasteiger partial charge >= 0.3 is 0 Å². The smallest absolute Gasteiger partial charge is 0.141 e. The molecule has 96 valence electrons. The molecule has 0 aliphatic rings. The third kappa shape index (κ3) is 2.86. The largest absolute Gasteiger partial charge is 0.487 e. The van der Waals surface area contributed by atoms with Crippen LogP contribution >= 0.6 is 0 Å². The predicted octanol–water partition coefficient (Wildman–Crippen LogP) is 2.99. The number of anilines is 1. The molecule has 0 saturated heterocycles. The maximum Gasteiger partial charge on any atom is 0.141 e. The summed E-state index contributed by atoms with van der Waals surface area (Å²) in [6.45, 7) is 2.34. The predicted molar refractivity (Wildman–Crippen MR) is 77.2 cm³/mol. The van der Waals surface area contributed by atoms with Crippen LogP contribution in [-0.2, 0) is 6.61 Å². The summed E-state index contributed by atoms with van der Waals surface area (Å²) in [4.78, 5) is 4.20. The fourth-order valence-corrected chi connectivity index (χ4v) is 1.88. The number of aromatic nitrogens is 1. The molecule has 0 amide bonds. The highest BCUT2D eigenvalue weighted by atomic mass is 16.5. The summed E-state index contributed by atoms with van der Waals surface area (Å²) in [5.74, 6) is 3.46. The second-order valence-electron chi connectivity index (χ2n) is 4.10. The third-order valence-electron chi connectivity index (χ3n) is 2.93. The fraction of sp³-hybridized carbons (Fsp3) is 0.188. The molecule has 0 aliphatic carbocycles. The van der Waals surface area contributed by atoms with Crippen molar-refractivity contribution in [3.8, 4) is 18.1 Å². The van der Waals surface area contributed by atoms with Crippen molar-refractivity contribution >= 4 is 5.69 Å². The summed E-state index contributed by atoms with van der Waals surface area (Å²) < 4.78 is 5.81. The first-order valence-electron chi connectivity index (χ1n) is 6.07. The molecule has 0 unspecified atom stereocenters. The van der Waals surface area contributed by atoms with E-state index in [2.05, 4.69) is 16.2 Å². The number of terminal acetylenes is 1. The molecule has 0 aliphatic heterocycles. The van der Waals surface area contributed by atoms with E-state index in [1.807, 2.05) is 44.3 Å². The molecule has 0 spiro atoms. The topological polar surface area (TPSA) is 34.1 Å². The van der Waals surface area contributed by atoms with Crippen molar-refractivity contribution in [3.63, 3.8) is 0 Å². The van der Waals surface area contributed by atoms with Gasteiger partial charge in [-0.1, -0.05) is 12.0 Å². The van der Waals surface area contributed by atoms with Crippen molar-refractivity contribution in [1.29, 1.82) is 0 Å². The van der Waals surface area contributed by atoms with Gasteiger partial charge in [0.25, 0.3) is 0 Å². The molecule has 1 aromatic heterocycles. The van der Waals surface area contributed by atoms with Crippen LogP contribution in [0, 0.1) is 19.3 Å². The number of benzene rings is 1. The monoisotopic (exact) mass is 252 g/mol. The molecule has 2 aromatic rings. The zero-order valence-corrected chi connectivity index (χ0v) is 11.1. The second kappa shape index (κ2) is 5.92. The van der Waals surface area contributed by atoms with Gasteiger partial charge in [0.1, 0.15) is 12.4 Å². The number of aryl methyl sites for hydroxylation is 1. The lowest BCUT2D eigenvalue weighted by Gasteiger charge is -2.13. The summed E-state index contributed by atoms with van der Waals surface area (Å²) in [6, 6.07) is 9.58. The van der Waals surface area contributed by atoms with Crippen LogP contribution in [0.25, 0.3) is 0 Å². The van der Waals surface area contributed by atoms with Crippen LogP contribution in [0.4, 0.5) is 5.69 Å². The molecule has 3 nitrogen and oxygen atoms in total. The highest BCUT2D eigenvalue weighted by molar-refractivity contribution is 5.58. The standard InChI is InChI=1S/C16H16N2O/c1-4-13-7-5-8-15(17-3)14(13)11-19-16-9-6-10-18-12(16)2/h1,5-10,17H,11H2,2-3H3. The van der Waals surface area contributed by atoms with Gasteiger partial charge in [-0.2, -0.15) is 0 Å². The Morgan fingerprint density at radius 1 is 1.32 bits per heavy atom. The van der Waals surface area contributed by atoms with E-state index in [1.165, 1.54) is 0 Å². The van der Waals surface area contributed by atoms with Crippen LogP contribution in [0.2, 0.25) is 0 Å². The van der Waals surface area contributed by atoms with Gasteiger partial charge < -0.3 is 10.1 Å². The van der Waals surface area contributed by atoms with Crippen LogP contribution in [-0.4, -0.2) is 12.0 Å². The first-order chi connectivity index (χ1) is 9.26. The van der Waals surface area contributed by atoms with Crippen LogP contribution in [0.3, 0.4) is 0 Å². The van der Waals surface area contributed by atoms with Gasteiger partial charge in [0.05, 0.1) is 5.69 Å². The maximum atomic E-state index is 5.81. The number of nitrogens with one attached hydrogen (secondary N) is 1. The van der Waals surface area contributed by atoms with Crippen LogP contribution < -0.4 is 10.1 Å². The average molecular weight is 252 g/mol. The Morgan fingerprint density at radius 3 is 2.84 bits per heavy atom. The lowest BCUT2D eigenvalue weighted by molar-refractivity contribution is 0.303. The number of rotatable bonds is 4. The molecule has 0 atom stereocenters. The van der Waals surface area contributed by atoms with Gasteiger partial charge in [0.2, 0.25) is 0 Å². The molecule has 1 heterocycles. The molecular weight excluding hydrogens is 236 g/mol. The van der Waals surface area contributed by atoms with E-state index in [9.17, 15) is 0 Å². The van der Waals surface area contributed by atoms with E-state index in [4.69, 9.17) is 11.2 Å². The molecular formula is C16H16N2O. The second-order valence-corrected chi connectivity index (χ2v) is 4.10. The van der Waals surface area contributed by atoms with Crippen LogP contribution in [0.5, 0.6) is 5.75 Å². The molecule has 1 aromatic carbocycles. The third-order valence-corrected chi connectivity index (χ3v) is 2.93. The zero-order valence-electron chi connectivity index (χ0n) is 11.1. The molecule has 3 heteroatoms. The van der Waals surface area contributed by atoms with Crippen molar-refractivity contribution in [2.75, 3.05) is 12.4 Å². The summed E-state index contributed by atoms with van der Waals surface area (Å²) >= 11 is 0. The van der Waals surface area contributed by atoms with E-state index in [0.29, 0.717) is 6.61 Å². The Labute approximate surface area is 113 Å². The SMILES string of the molecule is C#Cc1cccc(NC)c1COc1cccnc1C. The molecule has 2 rings (SSSR count). The maximum absolute atomic E-state index is 5.81. The molecule has 1 N–H and O–H groups in total. The minimum absolute atomic E-state index is 0.420. The molecule has 0 fully saturated rings. The number of ether oxygens (including phenoxy) is 1. The van der Waals surface area contributed by atoms with Crippen LogP contribution in [0.15, 0.2) is 36.5 Å². The minimum atomic E-state index is 0.420. The quantitative estimate of drug-likeness (QED) is 0.849. The summed E-state index contributed by atoms with van der Waals surface area (Å²) in [5.41, 5.74) is 3.67. The van der Waals surface area contributed by atoms with Gasteiger partial charge in [-0.05, 0) is 31.2 Å². The number of hydrogen-bond donors (Lipinski definition) is 1. The van der Waals surface area contributed by atoms with E-state index in [1.54, 1.807) is 6.20 Å².